The van der Waals surface area contributed by atoms with Crippen LogP contribution in [0.2, 0.25) is 0 Å². The van der Waals surface area contributed by atoms with Gasteiger partial charge in [0.05, 0.1) is 0 Å². The molecule has 1 heterocycles. The van der Waals surface area contributed by atoms with Crippen molar-refractivity contribution >= 4 is 10.0 Å². The molecular weight excluding hydrogens is 226 g/mol. The molecule has 2 N–H and O–H groups in total. The number of sulfonamides is 1. The number of hydrogen-bond acceptors (Lipinski definition) is 3. The predicted octanol–water partition coefficient (Wildman–Crippen LogP) is 0.778. The fourth-order valence-electron chi connectivity index (χ4n) is 1.49. The molecule has 0 atom stereocenters. The quantitative estimate of drug-likeness (QED) is 0.852. The molecular formula is C10H19N3O2S. The summed E-state index contributed by atoms with van der Waals surface area (Å²) in [6.45, 7) is 4.32. The summed E-state index contributed by atoms with van der Waals surface area (Å²) >= 11 is 0. The van der Waals surface area contributed by atoms with E-state index in [9.17, 15) is 8.42 Å². The minimum absolute atomic E-state index is 0.199. The first kappa shape index (κ1) is 13.2. The van der Waals surface area contributed by atoms with Crippen LogP contribution in [0.25, 0.3) is 0 Å². The van der Waals surface area contributed by atoms with Gasteiger partial charge in [0.2, 0.25) is 10.0 Å². The maximum absolute atomic E-state index is 11.9. The fraction of sp³-hybridized carbons (Fsp3) is 0.600. The molecule has 0 aliphatic carbocycles. The summed E-state index contributed by atoms with van der Waals surface area (Å²) in [5.41, 5.74) is 6.42. The highest BCUT2D eigenvalue weighted by Crippen LogP contribution is 2.20. The van der Waals surface area contributed by atoms with Gasteiger partial charge >= 0.3 is 0 Å². The van der Waals surface area contributed by atoms with E-state index in [4.69, 9.17) is 5.73 Å². The lowest BCUT2D eigenvalue weighted by molar-refractivity contribution is 0.519. The van der Waals surface area contributed by atoms with Crippen molar-refractivity contribution in [3.8, 4) is 0 Å². The monoisotopic (exact) mass is 245 g/mol. The Kier molecular flexibility index (Phi) is 3.77. The molecule has 92 valence electrons. The van der Waals surface area contributed by atoms with Crippen LogP contribution in [0, 0.1) is 0 Å². The topological polar surface area (TPSA) is 68.3 Å². The second-order valence-electron chi connectivity index (χ2n) is 4.16. The zero-order valence-electron chi connectivity index (χ0n) is 10.1. The highest BCUT2D eigenvalue weighted by Gasteiger charge is 2.21. The molecule has 0 spiro atoms. The van der Waals surface area contributed by atoms with Gasteiger partial charge in [-0.1, -0.05) is 0 Å². The van der Waals surface area contributed by atoms with Crippen molar-refractivity contribution in [2.75, 3.05) is 14.1 Å². The molecule has 0 radical (unpaired) electrons. The van der Waals surface area contributed by atoms with Crippen LogP contribution in [0.3, 0.4) is 0 Å². The van der Waals surface area contributed by atoms with Gasteiger partial charge < -0.3 is 10.3 Å². The molecule has 1 rings (SSSR count). The molecule has 16 heavy (non-hydrogen) atoms. The third-order valence-corrected chi connectivity index (χ3v) is 4.23. The maximum atomic E-state index is 11.9. The second kappa shape index (κ2) is 4.57. The number of nitrogens with two attached hydrogens (primary N) is 1. The summed E-state index contributed by atoms with van der Waals surface area (Å²) in [7, 11) is -0.329. The molecule has 0 aliphatic heterocycles. The number of aromatic nitrogens is 1. The number of rotatable bonds is 4. The first-order valence-electron chi connectivity index (χ1n) is 5.14. The minimum Gasteiger partial charge on any atom is -0.346 e. The molecule has 0 saturated heterocycles. The van der Waals surface area contributed by atoms with Crippen LogP contribution in [-0.4, -0.2) is 31.4 Å². The summed E-state index contributed by atoms with van der Waals surface area (Å²) < 4.78 is 26.9. The van der Waals surface area contributed by atoms with Crippen LogP contribution in [0.1, 0.15) is 25.6 Å². The van der Waals surface area contributed by atoms with E-state index < -0.39 is 10.0 Å². The van der Waals surface area contributed by atoms with Crippen molar-refractivity contribution in [3.05, 3.63) is 18.0 Å². The van der Waals surface area contributed by atoms with E-state index in [-0.39, 0.29) is 6.04 Å². The zero-order chi connectivity index (χ0) is 12.5. The van der Waals surface area contributed by atoms with Gasteiger partial charge in [0.25, 0.3) is 0 Å². The van der Waals surface area contributed by atoms with Crippen molar-refractivity contribution in [1.82, 2.24) is 8.87 Å². The van der Waals surface area contributed by atoms with Crippen LogP contribution < -0.4 is 5.73 Å². The lowest BCUT2D eigenvalue weighted by Gasteiger charge is -2.11. The molecule has 0 bridgehead atoms. The summed E-state index contributed by atoms with van der Waals surface area (Å²) in [5, 5.41) is 0. The lowest BCUT2D eigenvalue weighted by atomic mass is 10.3. The highest BCUT2D eigenvalue weighted by atomic mass is 32.2. The molecule has 0 saturated carbocycles. The number of nitrogens with zero attached hydrogens (tertiary/aromatic N) is 2. The average Bonchev–Trinajstić information content (AvgIpc) is 2.61. The third-order valence-electron chi connectivity index (χ3n) is 2.45. The number of hydrogen-bond donors (Lipinski definition) is 1. The van der Waals surface area contributed by atoms with E-state index in [0.29, 0.717) is 11.4 Å². The Morgan fingerprint density at radius 3 is 2.31 bits per heavy atom. The largest absolute Gasteiger partial charge is 0.346 e. The van der Waals surface area contributed by atoms with Crippen molar-refractivity contribution < 1.29 is 8.42 Å². The van der Waals surface area contributed by atoms with Crippen LogP contribution in [-0.2, 0) is 16.6 Å². The molecule has 0 aromatic carbocycles. The van der Waals surface area contributed by atoms with Crippen LogP contribution in [0.5, 0.6) is 0 Å². The Labute approximate surface area is 96.9 Å². The first-order valence-corrected chi connectivity index (χ1v) is 6.58. The van der Waals surface area contributed by atoms with E-state index in [1.807, 2.05) is 18.4 Å². The predicted molar refractivity (Wildman–Crippen MR) is 63.6 cm³/mol. The molecule has 6 heteroatoms. The summed E-state index contributed by atoms with van der Waals surface area (Å²) in [6.07, 6.45) is 1.64. The van der Waals surface area contributed by atoms with Gasteiger partial charge in [-0.05, 0) is 19.9 Å². The molecule has 0 unspecified atom stereocenters. The first-order chi connectivity index (χ1) is 7.30. The molecule has 0 amide bonds. The van der Waals surface area contributed by atoms with E-state index in [1.54, 1.807) is 12.3 Å². The second-order valence-corrected chi connectivity index (χ2v) is 6.31. The molecule has 0 fully saturated rings. The Hall–Kier alpha value is -0.850. The van der Waals surface area contributed by atoms with Gasteiger partial charge in [0.15, 0.2) is 0 Å². The van der Waals surface area contributed by atoms with Crippen molar-refractivity contribution in [3.63, 3.8) is 0 Å². The summed E-state index contributed by atoms with van der Waals surface area (Å²) in [4.78, 5) is 0.298. The van der Waals surface area contributed by atoms with Crippen LogP contribution in [0.15, 0.2) is 17.2 Å². The Bertz CT molecular complexity index is 460. The standard InChI is InChI=1S/C10H19N3O2S/c1-8(2)13-7-10(5-9(13)6-11)16(14,15)12(3)4/h5,7-8H,6,11H2,1-4H3. The maximum Gasteiger partial charge on any atom is 0.244 e. The van der Waals surface area contributed by atoms with Crippen molar-refractivity contribution in [2.24, 2.45) is 5.73 Å². The molecule has 1 aromatic rings. The van der Waals surface area contributed by atoms with Gasteiger partial charge in [-0.15, -0.1) is 0 Å². The summed E-state index contributed by atoms with van der Waals surface area (Å²) in [6, 6.07) is 1.83. The van der Waals surface area contributed by atoms with Gasteiger partial charge in [-0.3, -0.25) is 0 Å². The van der Waals surface area contributed by atoms with Crippen LogP contribution in [0.4, 0.5) is 0 Å². The fourth-order valence-corrected chi connectivity index (χ4v) is 2.45. The van der Waals surface area contributed by atoms with E-state index in [2.05, 4.69) is 0 Å². The minimum atomic E-state index is -3.37. The van der Waals surface area contributed by atoms with Crippen LogP contribution >= 0.6 is 0 Å². The molecule has 0 aliphatic rings. The van der Waals surface area contributed by atoms with Gasteiger partial charge in [0, 0.05) is 38.6 Å². The zero-order valence-corrected chi connectivity index (χ0v) is 11.0. The van der Waals surface area contributed by atoms with E-state index in [0.717, 1.165) is 5.69 Å². The smallest absolute Gasteiger partial charge is 0.244 e. The Balaban J connectivity index is 3.29. The molecule has 1 aromatic heterocycles. The molecule has 5 nitrogen and oxygen atoms in total. The normalized spacial score (nSPS) is 12.7. The van der Waals surface area contributed by atoms with Gasteiger partial charge in [-0.25, -0.2) is 12.7 Å². The van der Waals surface area contributed by atoms with Gasteiger partial charge in [-0.2, -0.15) is 0 Å². The van der Waals surface area contributed by atoms with E-state index >= 15 is 0 Å². The van der Waals surface area contributed by atoms with Gasteiger partial charge in [0.1, 0.15) is 4.90 Å². The Morgan fingerprint density at radius 2 is 2.00 bits per heavy atom. The summed E-state index contributed by atoms with van der Waals surface area (Å²) in [5.74, 6) is 0. The SMILES string of the molecule is CC(C)n1cc(S(=O)(=O)N(C)C)cc1CN. The average molecular weight is 245 g/mol. The lowest BCUT2D eigenvalue weighted by Crippen LogP contribution is -2.21. The van der Waals surface area contributed by atoms with Crippen molar-refractivity contribution in [1.29, 1.82) is 0 Å². The third kappa shape index (κ3) is 2.28. The Morgan fingerprint density at radius 1 is 1.44 bits per heavy atom. The highest BCUT2D eigenvalue weighted by molar-refractivity contribution is 7.89. The van der Waals surface area contributed by atoms with E-state index in [1.165, 1.54) is 18.4 Å². The van der Waals surface area contributed by atoms with Crippen molar-refractivity contribution in [2.45, 2.75) is 31.3 Å².